The van der Waals surface area contributed by atoms with Crippen molar-refractivity contribution in [2.24, 2.45) is 5.92 Å². The van der Waals surface area contributed by atoms with Crippen LogP contribution in [0, 0.1) is 12.8 Å². The van der Waals surface area contributed by atoms with Crippen LogP contribution in [0.25, 0.3) is 0 Å². The Hall–Kier alpha value is -2.82. The molecule has 154 valence electrons. The first-order valence-corrected chi connectivity index (χ1v) is 10.0. The van der Waals surface area contributed by atoms with Crippen molar-refractivity contribution in [2.75, 3.05) is 27.8 Å². The van der Waals surface area contributed by atoms with Gasteiger partial charge in [-0.15, -0.1) is 0 Å². The van der Waals surface area contributed by atoms with Gasteiger partial charge in [0.05, 0.1) is 14.2 Å². The molecule has 2 aromatic rings. The van der Waals surface area contributed by atoms with Crippen molar-refractivity contribution >= 4 is 11.7 Å². The summed E-state index contributed by atoms with van der Waals surface area (Å²) in [6.45, 7) is 2.65. The lowest BCUT2D eigenvalue weighted by atomic mass is 9.98. The predicted octanol–water partition coefficient (Wildman–Crippen LogP) is 3.85. The molecule has 0 heterocycles. The molecule has 5 nitrogen and oxygen atoms in total. The molecule has 1 amide bonds. The van der Waals surface area contributed by atoms with Crippen LogP contribution in [0.1, 0.15) is 39.9 Å². The van der Waals surface area contributed by atoms with Gasteiger partial charge in [0.2, 0.25) is 5.91 Å². The van der Waals surface area contributed by atoms with Crippen molar-refractivity contribution in [3.05, 3.63) is 58.7 Å². The van der Waals surface area contributed by atoms with Crippen LogP contribution in [0.3, 0.4) is 0 Å². The zero-order chi connectivity index (χ0) is 21.0. The number of Topliss-reactive ketones (excluding diaryl/α,β-unsaturated/α-hetero) is 1. The molecule has 1 atom stereocenters. The quantitative estimate of drug-likeness (QED) is 0.681. The number of ether oxygens (including phenoxy) is 2. The third kappa shape index (κ3) is 4.78. The second-order valence-electron chi connectivity index (χ2n) is 7.69. The van der Waals surface area contributed by atoms with E-state index in [1.165, 1.54) is 0 Å². The van der Waals surface area contributed by atoms with Crippen LogP contribution in [0.5, 0.6) is 11.5 Å². The first-order chi connectivity index (χ1) is 13.9. The Morgan fingerprint density at radius 2 is 1.83 bits per heavy atom. The van der Waals surface area contributed by atoms with Crippen LogP contribution >= 0.6 is 0 Å². The molecule has 3 rings (SSSR count). The molecule has 1 aliphatic rings. The number of fused-ring (bicyclic) bond motifs is 1. The second kappa shape index (κ2) is 9.12. The Bertz CT molecular complexity index is 883. The maximum Gasteiger partial charge on any atom is 0.222 e. The maximum atomic E-state index is 12.6. The maximum absolute atomic E-state index is 12.6. The molecule has 29 heavy (non-hydrogen) atoms. The number of methoxy groups -OCH3 is 2. The molecule has 0 saturated carbocycles. The van der Waals surface area contributed by atoms with Crippen molar-refractivity contribution in [1.82, 2.24) is 4.90 Å². The highest BCUT2D eigenvalue weighted by molar-refractivity contribution is 6.02. The molecule has 0 saturated heterocycles. The standard InChI is InChI=1S/C24H29NO4/c1-16-6-5-7-21-22(16)14-18(24(21)27)8-9-23(26)25(2)11-10-17-12-19(28-3)15-20(13-17)29-4/h5-7,12-13,15,18H,8-11,14H2,1-4H3. The average Bonchev–Trinajstić information content (AvgIpc) is 3.07. The SMILES string of the molecule is COc1cc(CCN(C)C(=O)CCC2Cc3c(C)cccc3C2=O)cc(OC)c1. The highest BCUT2D eigenvalue weighted by Gasteiger charge is 2.31. The van der Waals surface area contributed by atoms with E-state index in [0.717, 1.165) is 40.2 Å². The van der Waals surface area contributed by atoms with Crippen LogP contribution < -0.4 is 9.47 Å². The number of benzene rings is 2. The number of rotatable bonds is 8. The molecule has 0 bridgehead atoms. The van der Waals surface area contributed by atoms with E-state index in [4.69, 9.17) is 9.47 Å². The summed E-state index contributed by atoms with van der Waals surface area (Å²) in [5.41, 5.74) is 4.20. The summed E-state index contributed by atoms with van der Waals surface area (Å²) in [5.74, 6) is 1.65. The fraction of sp³-hybridized carbons (Fsp3) is 0.417. The van der Waals surface area contributed by atoms with Crippen molar-refractivity contribution < 1.29 is 19.1 Å². The van der Waals surface area contributed by atoms with Crippen LogP contribution in [0.4, 0.5) is 0 Å². The lowest BCUT2D eigenvalue weighted by molar-refractivity contribution is -0.130. The van der Waals surface area contributed by atoms with Crippen LogP contribution in [0.15, 0.2) is 36.4 Å². The zero-order valence-corrected chi connectivity index (χ0v) is 17.7. The Morgan fingerprint density at radius 1 is 1.14 bits per heavy atom. The van der Waals surface area contributed by atoms with E-state index in [0.29, 0.717) is 25.8 Å². The number of nitrogens with zero attached hydrogens (tertiary/aromatic N) is 1. The highest BCUT2D eigenvalue weighted by atomic mass is 16.5. The minimum atomic E-state index is -0.0777. The normalized spacial score (nSPS) is 15.2. The van der Waals surface area contributed by atoms with Gasteiger partial charge in [-0.1, -0.05) is 18.2 Å². The monoisotopic (exact) mass is 395 g/mol. The van der Waals surface area contributed by atoms with E-state index in [-0.39, 0.29) is 17.6 Å². The lowest BCUT2D eigenvalue weighted by Gasteiger charge is -2.18. The summed E-state index contributed by atoms with van der Waals surface area (Å²) in [6, 6.07) is 11.6. The Balaban J connectivity index is 1.52. The zero-order valence-electron chi connectivity index (χ0n) is 17.7. The predicted molar refractivity (Wildman–Crippen MR) is 113 cm³/mol. The second-order valence-corrected chi connectivity index (χ2v) is 7.69. The summed E-state index contributed by atoms with van der Waals surface area (Å²) < 4.78 is 10.6. The van der Waals surface area contributed by atoms with E-state index in [9.17, 15) is 9.59 Å². The smallest absolute Gasteiger partial charge is 0.222 e. The third-order valence-electron chi connectivity index (χ3n) is 5.78. The molecular formula is C24H29NO4. The summed E-state index contributed by atoms with van der Waals surface area (Å²) in [6.07, 6.45) is 2.45. The molecule has 1 unspecified atom stereocenters. The van der Waals surface area contributed by atoms with Gasteiger partial charge in [-0.3, -0.25) is 9.59 Å². The molecular weight excluding hydrogens is 366 g/mol. The minimum Gasteiger partial charge on any atom is -0.497 e. The number of aryl methyl sites for hydroxylation is 1. The van der Waals surface area contributed by atoms with Gasteiger partial charge >= 0.3 is 0 Å². The van der Waals surface area contributed by atoms with Gasteiger partial charge in [0.15, 0.2) is 5.78 Å². The summed E-state index contributed by atoms with van der Waals surface area (Å²) in [7, 11) is 5.06. The van der Waals surface area contributed by atoms with E-state index in [1.54, 1.807) is 19.1 Å². The number of likely N-dealkylation sites (N-methyl/N-ethyl adjacent to an activating group) is 1. The van der Waals surface area contributed by atoms with E-state index in [1.807, 2.05) is 50.4 Å². The number of amides is 1. The Kier molecular flexibility index (Phi) is 6.57. The Morgan fingerprint density at radius 3 is 2.45 bits per heavy atom. The summed E-state index contributed by atoms with van der Waals surface area (Å²) >= 11 is 0. The largest absolute Gasteiger partial charge is 0.497 e. The summed E-state index contributed by atoms with van der Waals surface area (Å²) in [5, 5.41) is 0. The van der Waals surface area contributed by atoms with Gasteiger partial charge in [-0.2, -0.15) is 0 Å². The van der Waals surface area contributed by atoms with Crippen LogP contribution in [-0.4, -0.2) is 44.4 Å². The molecule has 2 aromatic carbocycles. The number of hydrogen-bond donors (Lipinski definition) is 0. The average molecular weight is 395 g/mol. The van der Waals surface area contributed by atoms with Gasteiger partial charge in [0.1, 0.15) is 11.5 Å². The van der Waals surface area contributed by atoms with Gasteiger partial charge < -0.3 is 14.4 Å². The number of carbonyl (C=O) groups is 2. The minimum absolute atomic E-state index is 0.0698. The van der Waals surface area contributed by atoms with Gasteiger partial charge in [0, 0.05) is 37.6 Å². The first kappa shape index (κ1) is 20.9. The van der Waals surface area contributed by atoms with E-state index >= 15 is 0 Å². The molecule has 1 aliphatic carbocycles. The topological polar surface area (TPSA) is 55.8 Å². The lowest BCUT2D eigenvalue weighted by Crippen LogP contribution is -2.29. The molecule has 0 aliphatic heterocycles. The van der Waals surface area contributed by atoms with Gasteiger partial charge in [0.25, 0.3) is 0 Å². The van der Waals surface area contributed by atoms with E-state index < -0.39 is 0 Å². The van der Waals surface area contributed by atoms with Crippen molar-refractivity contribution in [3.8, 4) is 11.5 Å². The van der Waals surface area contributed by atoms with E-state index in [2.05, 4.69) is 0 Å². The van der Waals surface area contributed by atoms with Crippen LogP contribution in [0.2, 0.25) is 0 Å². The fourth-order valence-electron chi connectivity index (χ4n) is 3.92. The molecule has 5 heteroatoms. The fourth-order valence-corrected chi connectivity index (χ4v) is 3.92. The number of hydrogen-bond acceptors (Lipinski definition) is 4. The molecule has 0 spiro atoms. The number of ketones is 1. The van der Waals surface area contributed by atoms with Crippen LogP contribution in [-0.2, 0) is 17.6 Å². The van der Waals surface area contributed by atoms with Crippen molar-refractivity contribution in [2.45, 2.75) is 32.6 Å². The van der Waals surface area contributed by atoms with Crippen molar-refractivity contribution in [1.29, 1.82) is 0 Å². The third-order valence-corrected chi connectivity index (χ3v) is 5.78. The number of carbonyl (C=O) groups excluding carboxylic acids is 2. The highest BCUT2D eigenvalue weighted by Crippen LogP contribution is 2.32. The molecule has 0 radical (unpaired) electrons. The molecule has 0 N–H and O–H groups in total. The van der Waals surface area contributed by atoms with Gasteiger partial charge in [-0.25, -0.2) is 0 Å². The van der Waals surface area contributed by atoms with Crippen molar-refractivity contribution in [3.63, 3.8) is 0 Å². The van der Waals surface area contributed by atoms with Gasteiger partial charge in [-0.05, 0) is 55.0 Å². The Labute approximate surface area is 172 Å². The first-order valence-electron chi connectivity index (χ1n) is 10.0. The summed E-state index contributed by atoms with van der Waals surface area (Å²) in [4.78, 5) is 26.9. The molecule has 0 aromatic heterocycles. The molecule has 0 fully saturated rings.